The molecule has 138 valence electrons. The zero-order valence-corrected chi connectivity index (χ0v) is 15.4. The minimum absolute atomic E-state index is 0.0473. The number of nitrogens with one attached hydrogen (secondary N) is 1. The number of hydrogen-bond donors (Lipinski definition) is 1. The second-order valence-corrected chi connectivity index (χ2v) is 7.22. The Morgan fingerprint density at radius 3 is 2.93 bits per heavy atom. The van der Waals surface area contributed by atoms with E-state index in [-0.39, 0.29) is 30.7 Å². The van der Waals surface area contributed by atoms with Crippen LogP contribution in [0.25, 0.3) is 10.9 Å². The Labute approximate surface area is 158 Å². The summed E-state index contributed by atoms with van der Waals surface area (Å²) in [6.45, 7) is 2.01. The summed E-state index contributed by atoms with van der Waals surface area (Å²) in [5.74, 6) is -0.245. The molecule has 1 atom stereocenters. The van der Waals surface area contributed by atoms with Crippen molar-refractivity contribution in [2.45, 2.75) is 45.1 Å². The maximum absolute atomic E-state index is 12.5. The van der Waals surface area contributed by atoms with Crippen LogP contribution in [0.2, 0.25) is 0 Å². The van der Waals surface area contributed by atoms with Crippen molar-refractivity contribution in [3.05, 3.63) is 65.4 Å². The predicted molar refractivity (Wildman–Crippen MR) is 105 cm³/mol. The third-order valence-corrected chi connectivity index (χ3v) is 5.23. The molecule has 0 spiro atoms. The lowest BCUT2D eigenvalue weighted by Gasteiger charge is -2.26. The van der Waals surface area contributed by atoms with Gasteiger partial charge in [-0.05, 0) is 49.4 Å². The van der Waals surface area contributed by atoms with E-state index in [2.05, 4.69) is 22.5 Å². The molecule has 0 fully saturated rings. The number of amides is 1. The van der Waals surface area contributed by atoms with Gasteiger partial charge >= 0.3 is 0 Å². The molecule has 0 aliphatic heterocycles. The van der Waals surface area contributed by atoms with E-state index in [1.54, 1.807) is 6.20 Å². The number of aryl methyl sites for hydroxylation is 2. The SMILES string of the molecule is Cc1ccc2c(cnn2C(=O)CCC(=O)NC2CCCc3ccccc32)c1. The van der Waals surface area contributed by atoms with Crippen molar-refractivity contribution in [1.82, 2.24) is 15.1 Å². The van der Waals surface area contributed by atoms with Gasteiger partial charge in [-0.3, -0.25) is 9.59 Å². The normalized spacial score (nSPS) is 16.1. The largest absolute Gasteiger partial charge is 0.349 e. The van der Waals surface area contributed by atoms with E-state index in [0.717, 1.165) is 35.7 Å². The number of fused-ring (bicyclic) bond motifs is 2. The maximum atomic E-state index is 12.5. The minimum atomic E-state index is -0.159. The highest BCUT2D eigenvalue weighted by molar-refractivity contribution is 5.92. The second kappa shape index (κ2) is 7.35. The summed E-state index contributed by atoms with van der Waals surface area (Å²) >= 11 is 0. The Morgan fingerprint density at radius 2 is 2.04 bits per heavy atom. The van der Waals surface area contributed by atoms with Crippen LogP contribution in [0.4, 0.5) is 0 Å². The second-order valence-electron chi connectivity index (χ2n) is 7.22. The molecule has 5 nitrogen and oxygen atoms in total. The van der Waals surface area contributed by atoms with Crippen LogP contribution in [-0.2, 0) is 11.2 Å². The average molecular weight is 361 g/mol. The van der Waals surface area contributed by atoms with Crippen molar-refractivity contribution in [3.63, 3.8) is 0 Å². The number of carbonyl (C=O) groups excluding carboxylic acids is 2. The first kappa shape index (κ1) is 17.5. The molecule has 5 heteroatoms. The van der Waals surface area contributed by atoms with E-state index >= 15 is 0 Å². The van der Waals surface area contributed by atoms with Gasteiger partial charge in [0.25, 0.3) is 0 Å². The molecule has 0 radical (unpaired) electrons. The van der Waals surface area contributed by atoms with Crippen LogP contribution in [0.15, 0.2) is 48.7 Å². The first-order valence-electron chi connectivity index (χ1n) is 9.46. The van der Waals surface area contributed by atoms with Gasteiger partial charge in [-0.2, -0.15) is 5.10 Å². The molecular weight excluding hydrogens is 338 g/mol. The van der Waals surface area contributed by atoms with Gasteiger partial charge < -0.3 is 5.32 Å². The topological polar surface area (TPSA) is 64.0 Å². The molecule has 1 amide bonds. The van der Waals surface area contributed by atoms with Gasteiger partial charge in [-0.1, -0.05) is 35.9 Å². The van der Waals surface area contributed by atoms with Crippen molar-refractivity contribution in [1.29, 1.82) is 0 Å². The molecule has 3 aromatic rings. The van der Waals surface area contributed by atoms with Crippen molar-refractivity contribution < 1.29 is 9.59 Å². The van der Waals surface area contributed by atoms with E-state index in [9.17, 15) is 9.59 Å². The third-order valence-electron chi connectivity index (χ3n) is 5.23. The van der Waals surface area contributed by atoms with Crippen LogP contribution in [0.3, 0.4) is 0 Å². The van der Waals surface area contributed by atoms with Crippen LogP contribution in [-0.4, -0.2) is 21.6 Å². The number of nitrogens with zero attached hydrogens (tertiary/aromatic N) is 2. The van der Waals surface area contributed by atoms with E-state index in [1.165, 1.54) is 15.8 Å². The molecule has 1 aromatic heterocycles. The Bertz CT molecular complexity index is 1010. The highest BCUT2D eigenvalue weighted by Crippen LogP contribution is 2.29. The summed E-state index contributed by atoms with van der Waals surface area (Å²) in [7, 11) is 0. The lowest BCUT2D eigenvalue weighted by molar-refractivity contribution is -0.121. The zero-order chi connectivity index (χ0) is 18.8. The number of aromatic nitrogens is 2. The summed E-state index contributed by atoms with van der Waals surface area (Å²) in [4.78, 5) is 24.9. The van der Waals surface area contributed by atoms with E-state index < -0.39 is 0 Å². The van der Waals surface area contributed by atoms with Crippen LogP contribution in [0, 0.1) is 6.92 Å². The average Bonchev–Trinajstić information content (AvgIpc) is 3.09. The molecule has 1 aliphatic carbocycles. The van der Waals surface area contributed by atoms with Gasteiger partial charge in [0.2, 0.25) is 11.8 Å². The fourth-order valence-electron chi connectivity index (χ4n) is 3.85. The Balaban J connectivity index is 1.39. The molecule has 1 N–H and O–H groups in total. The van der Waals surface area contributed by atoms with Crippen molar-refractivity contribution in [3.8, 4) is 0 Å². The standard InChI is InChI=1S/C22H23N3O2/c1-15-9-10-20-17(13-15)14-23-25(20)22(27)12-11-21(26)24-19-8-4-6-16-5-2-3-7-18(16)19/h2-3,5,7,9-10,13-14,19H,4,6,8,11-12H2,1H3,(H,24,26). The maximum Gasteiger partial charge on any atom is 0.247 e. The molecule has 0 saturated carbocycles. The monoisotopic (exact) mass is 361 g/mol. The number of hydrogen-bond acceptors (Lipinski definition) is 3. The zero-order valence-electron chi connectivity index (χ0n) is 15.4. The van der Waals surface area contributed by atoms with Crippen LogP contribution < -0.4 is 5.32 Å². The third kappa shape index (κ3) is 3.63. The van der Waals surface area contributed by atoms with E-state index in [4.69, 9.17) is 0 Å². The molecule has 0 saturated heterocycles. The lowest BCUT2D eigenvalue weighted by Crippen LogP contribution is -2.31. The molecule has 1 aliphatic rings. The summed E-state index contributed by atoms with van der Waals surface area (Å²) in [5, 5.41) is 8.23. The quantitative estimate of drug-likeness (QED) is 0.765. The fourth-order valence-corrected chi connectivity index (χ4v) is 3.85. The van der Waals surface area contributed by atoms with Gasteiger partial charge in [-0.25, -0.2) is 4.68 Å². The summed E-state index contributed by atoms with van der Waals surface area (Å²) < 4.78 is 1.40. The Morgan fingerprint density at radius 1 is 1.19 bits per heavy atom. The van der Waals surface area contributed by atoms with Gasteiger partial charge in [0.05, 0.1) is 17.8 Å². The highest BCUT2D eigenvalue weighted by atomic mass is 16.2. The van der Waals surface area contributed by atoms with Crippen LogP contribution in [0.5, 0.6) is 0 Å². The number of rotatable bonds is 4. The van der Waals surface area contributed by atoms with E-state index in [1.807, 2.05) is 37.3 Å². The van der Waals surface area contributed by atoms with Crippen molar-refractivity contribution >= 4 is 22.7 Å². The molecular formula is C22H23N3O2. The lowest BCUT2D eigenvalue weighted by atomic mass is 9.87. The highest BCUT2D eigenvalue weighted by Gasteiger charge is 2.22. The number of benzene rings is 2. The predicted octanol–water partition coefficient (Wildman–Crippen LogP) is 3.96. The smallest absolute Gasteiger partial charge is 0.247 e. The van der Waals surface area contributed by atoms with Crippen LogP contribution >= 0.6 is 0 Å². The fraction of sp³-hybridized carbons (Fsp3) is 0.318. The molecule has 1 heterocycles. The molecule has 27 heavy (non-hydrogen) atoms. The minimum Gasteiger partial charge on any atom is -0.349 e. The first-order chi connectivity index (χ1) is 13.1. The van der Waals surface area contributed by atoms with E-state index in [0.29, 0.717) is 0 Å². The number of carbonyl (C=O) groups is 2. The van der Waals surface area contributed by atoms with Crippen molar-refractivity contribution in [2.75, 3.05) is 0 Å². The summed E-state index contributed by atoms with van der Waals surface area (Å²) in [6, 6.07) is 14.2. The molecule has 0 bridgehead atoms. The summed E-state index contributed by atoms with van der Waals surface area (Å²) in [6.07, 6.45) is 5.08. The van der Waals surface area contributed by atoms with Gasteiger partial charge in [0.15, 0.2) is 0 Å². The van der Waals surface area contributed by atoms with Gasteiger partial charge in [0, 0.05) is 18.2 Å². The molecule has 1 unspecified atom stereocenters. The van der Waals surface area contributed by atoms with Crippen LogP contribution in [0.1, 0.15) is 53.2 Å². The molecule has 4 rings (SSSR count). The Kier molecular flexibility index (Phi) is 4.75. The van der Waals surface area contributed by atoms with Crippen molar-refractivity contribution in [2.24, 2.45) is 0 Å². The van der Waals surface area contributed by atoms with Gasteiger partial charge in [-0.15, -0.1) is 0 Å². The first-order valence-corrected chi connectivity index (χ1v) is 9.46. The van der Waals surface area contributed by atoms with Gasteiger partial charge in [0.1, 0.15) is 0 Å². The molecule has 2 aromatic carbocycles. The Hall–Kier alpha value is -2.95. The summed E-state index contributed by atoms with van der Waals surface area (Å²) in [5.41, 5.74) is 4.43.